The number of benzene rings is 2. The van der Waals surface area contributed by atoms with E-state index in [4.69, 9.17) is 16.7 Å². The lowest BCUT2D eigenvalue weighted by atomic mass is 10.1. The van der Waals surface area contributed by atoms with E-state index in [1.54, 1.807) is 48.5 Å². The molecule has 3 aromatic rings. The van der Waals surface area contributed by atoms with Crippen molar-refractivity contribution in [1.29, 1.82) is 0 Å². The van der Waals surface area contributed by atoms with E-state index in [2.05, 4.69) is 4.99 Å². The Bertz CT molecular complexity index is 962. The first-order valence-electron chi connectivity index (χ1n) is 7.37. The first kappa shape index (κ1) is 16.2. The molecule has 0 radical (unpaired) electrons. The molecule has 122 valence electrons. The maximum Gasteiger partial charge on any atom is 0.265 e. The topological polar surface area (TPSA) is 74.8 Å². The van der Waals surface area contributed by atoms with E-state index in [0.717, 1.165) is 0 Å². The molecule has 0 saturated heterocycles. The molecule has 5 nitrogen and oxygen atoms in total. The van der Waals surface area contributed by atoms with E-state index >= 15 is 0 Å². The highest BCUT2D eigenvalue weighted by molar-refractivity contribution is 6.30. The van der Waals surface area contributed by atoms with Gasteiger partial charge >= 0.3 is 0 Å². The Balaban J connectivity index is 2.33. The molecule has 3 rings (SSSR count). The maximum atomic E-state index is 12.8. The third-order valence-corrected chi connectivity index (χ3v) is 3.89. The highest BCUT2D eigenvalue weighted by Gasteiger charge is 2.15. The number of hydrogen-bond donors (Lipinski definition) is 2. The van der Waals surface area contributed by atoms with Gasteiger partial charge in [-0.3, -0.25) is 9.79 Å². The van der Waals surface area contributed by atoms with Crippen LogP contribution >= 0.6 is 11.6 Å². The van der Waals surface area contributed by atoms with Crippen molar-refractivity contribution in [2.45, 2.75) is 0 Å². The van der Waals surface area contributed by atoms with Crippen molar-refractivity contribution in [2.75, 3.05) is 13.2 Å². The van der Waals surface area contributed by atoms with Crippen molar-refractivity contribution in [2.24, 2.45) is 4.99 Å². The number of nitrogens with zero attached hydrogens (tertiary/aromatic N) is 2. The summed E-state index contributed by atoms with van der Waals surface area (Å²) in [7, 11) is 0. The third kappa shape index (κ3) is 2.91. The SMILES string of the molecule is O=c1c2ccccc2c(C=NCCO)c(O)n1-c1ccc(Cl)cc1. The van der Waals surface area contributed by atoms with Crippen LogP contribution in [0.3, 0.4) is 0 Å². The quantitative estimate of drug-likeness (QED) is 0.716. The van der Waals surface area contributed by atoms with Gasteiger partial charge in [-0.1, -0.05) is 29.8 Å². The number of aromatic nitrogens is 1. The van der Waals surface area contributed by atoms with E-state index in [1.807, 2.05) is 0 Å². The summed E-state index contributed by atoms with van der Waals surface area (Å²) in [5.74, 6) is -0.206. The fourth-order valence-electron chi connectivity index (χ4n) is 2.53. The predicted octanol–water partition coefficient (Wildman–Crippen LogP) is 2.76. The van der Waals surface area contributed by atoms with E-state index in [9.17, 15) is 9.90 Å². The average molecular weight is 343 g/mol. The van der Waals surface area contributed by atoms with Crippen LogP contribution in [-0.4, -0.2) is 34.1 Å². The Hall–Kier alpha value is -2.63. The fourth-order valence-corrected chi connectivity index (χ4v) is 2.66. The molecule has 24 heavy (non-hydrogen) atoms. The van der Waals surface area contributed by atoms with E-state index in [-0.39, 0.29) is 24.6 Å². The van der Waals surface area contributed by atoms with Gasteiger partial charge in [0.25, 0.3) is 5.56 Å². The zero-order valence-corrected chi connectivity index (χ0v) is 13.4. The number of fused-ring (bicyclic) bond motifs is 1. The molecule has 0 atom stereocenters. The van der Waals surface area contributed by atoms with Crippen molar-refractivity contribution >= 4 is 28.6 Å². The fraction of sp³-hybridized carbons (Fsp3) is 0.111. The van der Waals surface area contributed by atoms with Crippen LogP contribution in [0.15, 0.2) is 58.3 Å². The Morgan fingerprint density at radius 1 is 1.08 bits per heavy atom. The van der Waals surface area contributed by atoms with Crippen LogP contribution in [0.5, 0.6) is 5.88 Å². The Morgan fingerprint density at radius 2 is 1.75 bits per heavy atom. The summed E-state index contributed by atoms with van der Waals surface area (Å²) in [6, 6.07) is 13.6. The summed E-state index contributed by atoms with van der Waals surface area (Å²) < 4.78 is 1.22. The number of halogens is 1. The Labute approximate surface area is 143 Å². The normalized spacial score (nSPS) is 11.4. The van der Waals surface area contributed by atoms with Gasteiger partial charge in [0.2, 0.25) is 5.88 Å². The number of hydrogen-bond acceptors (Lipinski definition) is 4. The van der Waals surface area contributed by atoms with Crippen LogP contribution in [0.4, 0.5) is 0 Å². The average Bonchev–Trinajstić information content (AvgIpc) is 2.60. The van der Waals surface area contributed by atoms with E-state index < -0.39 is 0 Å². The van der Waals surface area contributed by atoms with Gasteiger partial charge in [-0.05, 0) is 30.3 Å². The van der Waals surface area contributed by atoms with Gasteiger partial charge in [-0.25, -0.2) is 4.57 Å². The second-order valence-corrected chi connectivity index (χ2v) is 5.60. The van der Waals surface area contributed by atoms with Crippen molar-refractivity contribution in [3.8, 4) is 11.6 Å². The van der Waals surface area contributed by atoms with Crippen LogP contribution in [0.2, 0.25) is 5.02 Å². The Morgan fingerprint density at radius 3 is 2.42 bits per heavy atom. The number of aliphatic imine (C=N–C) groups is 1. The molecule has 0 spiro atoms. The summed E-state index contributed by atoms with van der Waals surface area (Å²) in [4.78, 5) is 16.9. The lowest BCUT2D eigenvalue weighted by Crippen LogP contribution is -2.20. The van der Waals surface area contributed by atoms with Gasteiger partial charge in [-0.2, -0.15) is 0 Å². The molecule has 0 aliphatic rings. The minimum atomic E-state index is -0.329. The lowest BCUT2D eigenvalue weighted by molar-refractivity contribution is 0.307. The van der Waals surface area contributed by atoms with Crippen LogP contribution in [0.1, 0.15) is 5.56 Å². The molecule has 0 bridgehead atoms. The van der Waals surface area contributed by atoms with Crippen molar-refractivity contribution < 1.29 is 10.2 Å². The second kappa shape index (κ2) is 6.86. The Kier molecular flexibility index (Phi) is 4.64. The molecule has 0 saturated carbocycles. The summed E-state index contributed by atoms with van der Waals surface area (Å²) in [6.07, 6.45) is 1.47. The lowest BCUT2D eigenvalue weighted by Gasteiger charge is -2.13. The molecule has 0 aliphatic carbocycles. The molecule has 0 unspecified atom stereocenters. The third-order valence-electron chi connectivity index (χ3n) is 3.64. The number of aliphatic hydroxyl groups excluding tert-OH is 1. The molecule has 0 amide bonds. The second-order valence-electron chi connectivity index (χ2n) is 5.16. The van der Waals surface area contributed by atoms with Crippen LogP contribution in [-0.2, 0) is 0 Å². The van der Waals surface area contributed by atoms with E-state index in [1.165, 1.54) is 10.8 Å². The van der Waals surface area contributed by atoms with Crippen molar-refractivity contribution in [1.82, 2.24) is 4.57 Å². The number of aromatic hydroxyl groups is 1. The molecule has 1 aromatic heterocycles. The standard InChI is InChI=1S/C18H15ClN2O3/c19-12-5-7-13(8-6-12)21-17(23)15-4-2-1-3-14(15)16(18(21)24)11-20-9-10-22/h1-8,11,22,24H,9-10H2. The highest BCUT2D eigenvalue weighted by atomic mass is 35.5. The zero-order valence-electron chi connectivity index (χ0n) is 12.7. The number of rotatable bonds is 4. The van der Waals surface area contributed by atoms with Crippen molar-refractivity contribution in [3.05, 3.63) is 69.5 Å². The molecule has 0 fully saturated rings. The summed E-state index contributed by atoms with van der Waals surface area (Å²) in [5, 5.41) is 21.2. The largest absolute Gasteiger partial charge is 0.494 e. The minimum Gasteiger partial charge on any atom is -0.494 e. The molecule has 2 aromatic carbocycles. The predicted molar refractivity (Wildman–Crippen MR) is 95.8 cm³/mol. The first-order chi connectivity index (χ1) is 11.6. The van der Waals surface area contributed by atoms with Crippen LogP contribution in [0.25, 0.3) is 16.5 Å². The smallest absolute Gasteiger partial charge is 0.265 e. The van der Waals surface area contributed by atoms with Crippen LogP contribution < -0.4 is 5.56 Å². The van der Waals surface area contributed by atoms with Gasteiger partial charge < -0.3 is 10.2 Å². The van der Waals surface area contributed by atoms with E-state index in [0.29, 0.717) is 27.0 Å². The highest BCUT2D eigenvalue weighted by Crippen LogP contribution is 2.26. The molecule has 2 N–H and O–H groups in total. The molecular weight excluding hydrogens is 328 g/mol. The first-order valence-corrected chi connectivity index (χ1v) is 7.74. The maximum absolute atomic E-state index is 12.8. The van der Waals surface area contributed by atoms with Gasteiger partial charge in [0.1, 0.15) is 0 Å². The summed E-state index contributed by atoms with van der Waals surface area (Å²) in [6.45, 7) is 0.125. The summed E-state index contributed by atoms with van der Waals surface area (Å²) >= 11 is 5.89. The monoisotopic (exact) mass is 342 g/mol. The van der Waals surface area contributed by atoms with Gasteiger partial charge in [0.05, 0.1) is 24.4 Å². The van der Waals surface area contributed by atoms with Gasteiger partial charge in [0, 0.05) is 22.0 Å². The molecule has 0 aliphatic heterocycles. The van der Waals surface area contributed by atoms with Crippen LogP contribution in [0, 0.1) is 0 Å². The number of pyridine rings is 1. The molecular formula is C18H15ClN2O3. The molecule has 6 heteroatoms. The molecule has 1 heterocycles. The van der Waals surface area contributed by atoms with Gasteiger partial charge in [0.15, 0.2) is 0 Å². The van der Waals surface area contributed by atoms with Crippen molar-refractivity contribution in [3.63, 3.8) is 0 Å². The number of aliphatic hydroxyl groups is 1. The minimum absolute atomic E-state index is 0.0913. The van der Waals surface area contributed by atoms with Gasteiger partial charge in [-0.15, -0.1) is 0 Å². The zero-order chi connectivity index (χ0) is 17.1. The summed E-state index contributed by atoms with van der Waals surface area (Å²) in [5.41, 5.74) is 0.600.